The Morgan fingerprint density at radius 2 is 1.95 bits per heavy atom. The van der Waals surface area contributed by atoms with E-state index in [-0.39, 0.29) is 24.9 Å². The predicted molar refractivity (Wildman–Crippen MR) is 78.7 cm³/mol. The molecule has 2 amide bonds. The van der Waals surface area contributed by atoms with Crippen LogP contribution in [-0.2, 0) is 16.1 Å². The number of carbonyl (C=O) groups is 2. The third kappa shape index (κ3) is 3.07. The molecular weight excluding hydrogens is 299 g/mol. The number of benzene rings is 1. The van der Waals surface area contributed by atoms with Crippen molar-refractivity contribution < 1.29 is 9.59 Å². The van der Waals surface area contributed by atoms with Crippen LogP contribution in [0.2, 0.25) is 10.0 Å². The normalized spacial score (nSPS) is 19.1. The summed E-state index contributed by atoms with van der Waals surface area (Å²) in [7, 11) is 0. The smallest absolute Gasteiger partial charge is 0.243 e. The van der Waals surface area contributed by atoms with E-state index in [0.717, 1.165) is 6.42 Å². The lowest BCUT2D eigenvalue weighted by molar-refractivity contribution is -0.146. The number of nitrogens with one attached hydrogen (secondary N) is 1. The van der Waals surface area contributed by atoms with E-state index in [1.165, 1.54) is 0 Å². The number of hydrogen-bond acceptors (Lipinski definition) is 2. The highest BCUT2D eigenvalue weighted by Crippen LogP contribution is 2.27. The first-order valence-electron chi connectivity index (χ1n) is 6.54. The van der Waals surface area contributed by atoms with Gasteiger partial charge >= 0.3 is 0 Å². The van der Waals surface area contributed by atoms with E-state index in [4.69, 9.17) is 23.2 Å². The molecule has 1 saturated heterocycles. The minimum absolute atomic E-state index is 0.0289. The number of nitrogens with zero attached hydrogens (tertiary/aromatic N) is 1. The van der Waals surface area contributed by atoms with Crippen LogP contribution in [0.3, 0.4) is 0 Å². The van der Waals surface area contributed by atoms with Crippen LogP contribution in [0.1, 0.15) is 25.3 Å². The zero-order valence-corrected chi connectivity index (χ0v) is 12.7. The van der Waals surface area contributed by atoms with Crippen molar-refractivity contribution in [3.63, 3.8) is 0 Å². The van der Waals surface area contributed by atoms with E-state index < -0.39 is 6.04 Å². The number of piperazine rings is 1. The molecule has 1 fully saturated rings. The van der Waals surface area contributed by atoms with Gasteiger partial charge in [0.15, 0.2) is 0 Å². The molecule has 1 aliphatic rings. The third-order valence-electron chi connectivity index (χ3n) is 3.37. The van der Waals surface area contributed by atoms with Gasteiger partial charge in [-0.15, -0.1) is 0 Å². The zero-order chi connectivity index (χ0) is 14.7. The number of rotatable bonds is 4. The van der Waals surface area contributed by atoms with Gasteiger partial charge < -0.3 is 10.2 Å². The fourth-order valence-corrected chi connectivity index (χ4v) is 2.83. The molecule has 1 aromatic rings. The monoisotopic (exact) mass is 314 g/mol. The second kappa shape index (κ2) is 6.46. The van der Waals surface area contributed by atoms with Crippen molar-refractivity contribution in [1.29, 1.82) is 0 Å². The van der Waals surface area contributed by atoms with E-state index in [2.05, 4.69) is 5.32 Å². The largest absolute Gasteiger partial charge is 0.345 e. The summed E-state index contributed by atoms with van der Waals surface area (Å²) in [4.78, 5) is 25.6. The lowest BCUT2D eigenvalue weighted by Gasteiger charge is -2.35. The summed E-state index contributed by atoms with van der Waals surface area (Å²) < 4.78 is 0. The van der Waals surface area contributed by atoms with E-state index in [9.17, 15) is 9.59 Å². The molecule has 0 aromatic heterocycles. The summed E-state index contributed by atoms with van der Waals surface area (Å²) in [6, 6.07) is 4.76. The molecule has 0 radical (unpaired) electrons. The minimum Gasteiger partial charge on any atom is -0.345 e. The average molecular weight is 315 g/mol. The first-order chi connectivity index (χ1) is 9.54. The molecule has 0 bridgehead atoms. The van der Waals surface area contributed by atoms with Crippen molar-refractivity contribution in [3.05, 3.63) is 33.8 Å². The molecule has 1 unspecified atom stereocenters. The maximum atomic E-state index is 12.1. The molecule has 1 aromatic carbocycles. The van der Waals surface area contributed by atoms with E-state index in [1.54, 1.807) is 23.1 Å². The van der Waals surface area contributed by atoms with Crippen LogP contribution in [0.15, 0.2) is 18.2 Å². The molecule has 0 aliphatic carbocycles. The quantitative estimate of drug-likeness (QED) is 0.928. The van der Waals surface area contributed by atoms with Gasteiger partial charge in [-0.25, -0.2) is 0 Å². The van der Waals surface area contributed by atoms with E-state index in [0.29, 0.717) is 22.0 Å². The second-order valence-corrected chi connectivity index (χ2v) is 5.56. The highest BCUT2D eigenvalue weighted by molar-refractivity contribution is 6.36. The molecule has 0 saturated carbocycles. The summed E-state index contributed by atoms with van der Waals surface area (Å²) in [5.41, 5.74) is 0.681. The molecule has 6 heteroatoms. The van der Waals surface area contributed by atoms with Crippen LogP contribution in [0, 0.1) is 0 Å². The predicted octanol–water partition coefficient (Wildman–Crippen LogP) is 2.62. The van der Waals surface area contributed by atoms with Gasteiger partial charge in [0.1, 0.15) is 6.04 Å². The third-order valence-corrected chi connectivity index (χ3v) is 4.07. The summed E-state index contributed by atoms with van der Waals surface area (Å²) in [5, 5.41) is 3.63. The first-order valence-corrected chi connectivity index (χ1v) is 7.30. The number of carbonyl (C=O) groups excluding carboxylic acids is 2. The molecule has 0 spiro atoms. The Hall–Kier alpha value is -1.26. The average Bonchev–Trinajstić information content (AvgIpc) is 2.41. The minimum atomic E-state index is -0.450. The molecule has 1 N–H and O–H groups in total. The summed E-state index contributed by atoms with van der Waals surface area (Å²) in [5.74, 6) is -0.228. The Bertz CT molecular complexity index is 514. The lowest BCUT2D eigenvalue weighted by atomic mass is 10.1. The van der Waals surface area contributed by atoms with Crippen molar-refractivity contribution in [2.45, 2.75) is 32.4 Å². The van der Waals surface area contributed by atoms with Crippen LogP contribution in [0.4, 0.5) is 0 Å². The van der Waals surface area contributed by atoms with Crippen molar-refractivity contribution in [3.8, 4) is 0 Å². The Kier molecular flexibility index (Phi) is 4.89. The molecule has 20 heavy (non-hydrogen) atoms. The molecule has 4 nitrogen and oxygen atoms in total. The van der Waals surface area contributed by atoms with Crippen LogP contribution in [0.25, 0.3) is 0 Å². The molecule has 1 atom stereocenters. The Morgan fingerprint density at radius 3 is 2.55 bits per heavy atom. The summed E-state index contributed by atoms with van der Waals surface area (Å²) >= 11 is 12.3. The number of halogens is 2. The van der Waals surface area contributed by atoms with Crippen LogP contribution in [-0.4, -0.2) is 29.3 Å². The highest BCUT2D eigenvalue weighted by atomic mass is 35.5. The van der Waals surface area contributed by atoms with Gasteiger partial charge in [-0.05, 0) is 18.6 Å². The highest BCUT2D eigenvalue weighted by Gasteiger charge is 2.34. The number of hydrogen-bond donors (Lipinski definition) is 1. The topological polar surface area (TPSA) is 49.4 Å². The van der Waals surface area contributed by atoms with Crippen LogP contribution in [0.5, 0.6) is 0 Å². The van der Waals surface area contributed by atoms with E-state index in [1.807, 2.05) is 6.92 Å². The SMILES string of the molecule is CCCC1C(=O)NCC(=O)N1Cc1c(Cl)cccc1Cl. The second-order valence-electron chi connectivity index (χ2n) is 4.74. The fraction of sp³-hybridized carbons (Fsp3) is 0.429. The first kappa shape index (κ1) is 15.1. The summed E-state index contributed by atoms with van der Waals surface area (Å²) in [6.07, 6.45) is 1.44. The van der Waals surface area contributed by atoms with E-state index >= 15 is 0 Å². The molecular formula is C14H16Cl2N2O2. The maximum Gasteiger partial charge on any atom is 0.243 e. The van der Waals surface area contributed by atoms with Gasteiger partial charge in [0, 0.05) is 22.2 Å². The van der Waals surface area contributed by atoms with Crippen molar-refractivity contribution in [2.24, 2.45) is 0 Å². The zero-order valence-electron chi connectivity index (χ0n) is 11.2. The van der Waals surface area contributed by atoms with Crippen molar-refractivity contribution >= 4 is 35.0 Å². The Labute approximate surface area is 128 Å². The number of amides is 2. The van der Waals surface area contributed by atoms with Gasteiger partial charge in [-0.3, -0.25) is 9.59 Å². The summed E-state index contributed by atoms with van der Waals surface area (Å²) in [6.45, 7) is 2.27. The molecule has 1 heterocycles. The van der Waals surface area contributed by atoms with Gasteiger partial charge in [0.2, 0.25) is 11.8 Å². The lowest BCUT2D eigenvalue weighted by Crippen LogP contribution is -2.57. The van der Waals surface area contributed by atoms with Gasteiger partial charge in [0.05, 0.1) is 6.54 Å². The van der Waals surface area contributed by atoms with Crippen LogP contribution < -0.4 is 5.32 Å². The van der Waals surface area contributed by atoms with Gasteiger partial charge in [-0.2, -0.15) is 0 Å². The molecule has 2 rings (SSSR count). The Morgan fingerprint density at radius 1 is 1.30 bits per heavy atom. The fourth-order valence-electron chi connectivity index (χ4n) is 2.31. The van der Waals surface area contributed by atoms with Gasteiger partial charge in [0.25, 0.3) is 0 Å². The Balaban J connectivity index is 2.28. The molecule has 1 aliphatic heterocycles. The standard InChI is InChI=1S/C14H16Cl2N2O2/c1-2-4-12-14(20)17-7-13(19)18(12)8-9-10(15)5-3-6-11(9)16/h3,5-6,12H,2,4,7-8H2,1H3,(H,17,20). The van der Waals surface area contributed by atoms with Crippen LogP contribution >= 0.6 is 23.2 Å². The molecule has 108 valence electrons. The van der Waals surface area contributed by atoms with Gasteiger partial charge in [-0.1, -0.05) is 42.6 Å². The maximum absolute atomic E-state index is 12.1. The van der Waals surface area contributed by atoms with Crippen molar-refractivity contribution in [2.75, 3.05) is 6.54 Å². The van der Waals surface area contributed by atoms with Crippen molar-refractivity contribution in [1.82, 2.24) is 10.2 Å².